The number of para-hydroxylation sites is 1. The Labute approximate surface area is 129 Å². The maximum Gasteiger partial charge on any atom is 0.242 e. The Bertz CT molecular complexity index is 674. The fourth-order valence-corrected chi connectivity index (χ4v) is 2.86. The third-order valence-corrected chi connectivity index (χ3v) is 4.02. The number of aromatic nitrogens is 2. The lowest BCUT2D eigenvalue weighted by atomic mass is 10.2. The molecular formula is C16H22N4O2. The van der Waals surface area contributed by atoms with Gasteiger partial charge in [0.15, 0.2) is 0 Å². The molecule has 0 atom stereocenters. The average Bonchev–Trinajstić information content (AvgIpc) is 2.88. The van der Waals surface area contributed by atoms with Crippen LogP contribution >= 0.6 is 0 Å². The van der Waals surface area contributed by atoms with E-state index in [2.05, 4.69) is 11.9 Å². The summed E-state index contributed by atoms with van der Waals surface area (Å²) >= 11 is 0. The predicted octanol–water partition coefficient (Wildman–Crippen LogP) is 1.43. The maximum atomic E-state index is 12.5. The van der Waals surface area contributed by atoms with Crippen molar-refractivity contribution in [2.45, 2.75) is 26.3 Å². The van der Waals surface area contributed by atoms with Gasteiger partial charge in [0.2, 0.25) is 5.91 Å². The number of ether oxygens (including phenoxy) is 1. The quantitative estimate of drug-likeness (QED) is 0.867. The van der Waals surface area contributed by atoms with Crippen molar-refractivity contribution in [3.8, 4) is 0 Å². The molecule has 3 rings (SSSR count). The summed E-state index contributed by atoms with van der Waals surface area (Å²) < 4.78 is 7.31. The first kappa shape index (κ1) is 14.8. The van der Waals surface area contributed by atoms with Crippen molar-refractivity contribution < 1.29 is 9.53 Å². The Morgan fingerprint density at radius 2 is 2.14 bits per heavy atom. The molecule has 1 aromatic heterocycles. The van der Waals surface area contributed by atoms with Crippen LogP contribution in [0.4, 0.5) is 5.69 Å². The van der Waals surface area contributed by atoms with Crippen molar-refractivity contribution in [2.24, 2.45) is 0 Å². The van der Waals surface area contributed by atoms with Crippen LogP contribution in [0.1, 0.15) is 19.2 Å². The highest BCUT2D eigenvalue weighted by molar-refractivity contribution is 5.89. The number of carbonyl (C=O) groups is 1. The van der Waals surface area contributed by atoms with E-state index in [4.69, 9.17) is 10.5 Å². The number of aryl methyl sites for hydroxylation is 1. The summed E-state index contributed by atoms with van der Waals surface area (Å²) in [7, 11) is 0. The molecule has 0 bridgehead atoms. The fraction of sp³-hybridized carbons (Fsp3) is 0.500. The number of nitrogen functional groups attached to an aromatic ring is 1. The highest BCUT2D eigenvalue weighted by Gasteiger charge is 2.20. The van der Waals surface area contributed by atoms with Gasteiger partial charge in [0.05, 0.1) is 24.4 Å². The lowest BCUT2D eigenvalue weighted by molar-refractivity contribution is -0.135. The number of benzene rings is 1. The lowest BCUT2D eigenvalue weighted by Crippen LogP contribution is -2.42. The number of anilines is 1. The standard InChI is InChI=1S/C16H22N4O2/c1-2-4-14-18-16-12(17)5-3-6-13(16)20(14)11-15(21)19-7-9-22-10-8-19/h3,5-6H,2,4,7-11,17H2,1H3. The molecule has 2 heterocycles. The van der Waals surface area contributed by atoms with Gasteiger partial charge in [-0.25, -0.2) is 4.98 Å². The van der Waals surface area contributed by atoms with Crippen molar-refractivity contribution in [1.82, 2.24) is 14.5 Å². The molecule has 2 N–H and O–H groups in total. The van der Waals surface area contributed by atoms with Crippen LogP contribution in [0.25, 0.3) is 11.0 Å². The van der Waals surface area contributed by atoms with Crippen LogP contribution in [0.15, 0.2) is 18.2 Å². The van der Waals surface area contributed by atoms with Crippen molar-refractivity contribution in [2.75, 3.05) is 32.0 Å². The molecular weight excluding hydrogens is 280 g/mol. The second kappa shape index (κ2) is 6.36. The second-order valence-corrected chi connectivity index (χ2v) is 5.57. The Balaban J connectivity index is 1.92. The summed E-state index contributed by atoms with van der Waals surface area (Å²) in [6, 6.07) is 5.73. The van der Waals surface area contributed by atoms with Gasteiger partial charge in [-0.05, 0) is 18.6 Å². The summed E-state index contributed by atoms with van der Waals surface area (Å²) in [5.41, 5.74) is 8.41. The molecule has 22 heavy (non-hydrogen) atoms. The van der Waals surface area contributed by atoms with E-state index in [-0.39, 0.29) is 5.91 Å². The zero-order chi connectivity index (χ0) is 15.5. The van der Waals surface area contributed by atoms with Crippen LogP contribution < -0.4 is 5.73 Å². The Hall–Kier alpha value is -2.08. The lowest BCUT2D eigenvalue weighted by Gasteiger charge is -2.27. The average molecular weight is 302 g/mol. The van der Waals surface area contributed by atoms with Gasteiger partial charge in [-0.1, -0.05) is 13.0 Å². The van der Waals surface area contributed by atoms with Crippen LogP contribution in [0.3, 0.4) is 0 Å². The molecule has 0 saturated carbocycles. The van der Waals surface area contributed by atoms with E-state index in [1.165, 1.54) is 0 Å². The number of amides is 1. The number of rotatable bonds is 4. The zero-order valence-corrected chi connectivity index (χ0v) is 12.9. The number of fused-ring (bicyclic) bond motifs is 1. The molecule has 0 aliphatic carbocycles. The molecule has 1 aliphatic heterocycles. The zero-order valence-electron chi connectivity index (χ0n) is 12.9. The monoisotopic (exact) mass is 302 g/mol. The number of nitrogens with zero attached hydrogens (tertiary/aromatic N) is 3. The van der Waals surface area contributed by atoms with Gasteiger partial charge in [0, 0.05) is 19.5 Å². The van der Waals surface area contributed by atoms with E-state index < -0.39 is 0 Å². The molecule has 1 saturated heterocycles. The third kappa shape index (κ3) is 2.78. The first-order valence-electron chi connectivity index (χ1n) is 7.80. The van der Waals surface area contributed by atoms with Gasteiger partial charge in [-0.3, -0.25) is 4.79 Å². The van der Waals surface area contributed by atoms with Gasteiger partial charge < -0.3 is 19.9 Å². The number of carbonyl (C=O) groups excluding carboxylic acids is 1. The molecule has 1 fully saturated rings. The Morgan fingerprint density at radius 3 is 2.86 bits per heavy atom. The summed E-state index contributed by atoms with van der Waals surface area (Å²) in [5.74, 6) is 1.04. The van der Waals surface area contributed by atoms with Gasteiger partial charge >= 0.3 is 0 Å². The third-order valence-electron chi connectivity index (χ3n) is 4.02. The van der Waals surface area contributed by atoms with Crippen LogP contribution in [0, 0.1) is 0 Å². The molecule has 1 amide bonds. The van der Waals surface area contributed by atoms with Crippen molar-refractivity contribution in [3.63, 3.8) is 0 Å². The Kier molecular flexibility index (Phi) is 4.29. The van der Waals surface area contributed by atoms with Gasteiger partial charge in [-0.15, -0.1) is 0 Å². The molecule has 1 aromatic carbocycles. The van der Waals surface area contributed by atoms with Crippen molar-refractivity contribution in [3.05, 3.63) is 24.0 Å². The normalized spacial score (nSPS) is 15.4. The number of hydrogen-bond acceptors (Lipinski definition) is 4. The van der Waals surface area contributed by atoms with Gasteiger partial charge in [-0.2, -0.15) is 0 Å². The first-order chi connectivity index (χ1) is 10.7. The van der Waals surface area contributed by atoms with Crippen molar-refractivity contribution in [1.29, 1.82) is 0 Å². The second-order valence-electron chi connectivity index (χ2n) is 5.57. The van der Waals surface area contributed by atoms with E-state index in [0.29, 0.717) is 38.5 Å². The number of hydrogen-bond donors (Lipinski definition) is 1. The molecule has 118 valence electrons. The molecule has 2 aromatic rings. The molecule has 0 spiro atoms. The van der Waals surface area contributed by atoms with E-state index in [9.17, 15) is 4.79 Å². The minimum absolute atomic E-state index is 0.113. The summed E-state index contributed by atoms with van der Waals surface area (Å²) in [6.45, 7) is 4.98. The van der Waals surface area contributed by atoms with Gasteiger partial charge in [0.1, 0.15) is 17.9 Å². The van der Waals surface area contributed by atoms with E-state index >= 15 is 0 Å². The number of imidazole rings is 1. The van der Waals surface area contributed by atoms with E-state index in [0.717, 1.165) is 29.7 Å². The highest BCUT2D eigenvalue weighted by atomic mass is 16.5. The summed E-state index contributed by atoms with van der Waals surface area (Å²) in [4.78, 5) is 19.0. The molecule has 6 nitrogen and oxygen atoms in total. The van der Waals surface area contributed by atoms with E-state index in [1.807, 2.05) is 27.7 Å². The molecule has 0 unspecified atom stereocenters. The maximum absolute atomic E-state index is 12.5. The van der Waals surface area contributed by atoms with Crippen LogP contribution in [0.5, 0.6) is 0 Å². The highest BCUT2D eigenvalue weighted by Crippen LogP contribution is 2.23. The van der Waals surface area contributed by atoms with Crippen LogP contribution in [-0.2, 0) is 22.5 Å². The Morgan fingerprint density at radius 1 is 1.36 bits per heavy atom. The molecule has 6 heteroatoms. The van der Waals surface area contributed by atoms with Gasteiger partial charge in [0.25, 0.3) is 0 Å². The number of nitrogens with two attached hydrogens (primary N) is 1. The first-order valence-corrected chi connectivity index (χ1v) is 7.80. The van der Waals surface area contributed by atoms with Crippen LogP contribution in [0.2, 0.25) is 0 Å². The van der Waals surface area contributed by atoms with Crippen LogP contribution in [-0.4, -0.2) is 46.7 Å². The number of morpholine rings is 1. The summed E-state index contributed by atoms with van der Waals surface area (Å²) in [5, 5.41) is 0. The predicted molar refractivity (Wildman–Crippen MR) is 85.5 cm³/mol. The minimum atomic E-state index is 0.113. The van der Waals surface area contributed by atoms with E-state index in [1.54, 1.807) is 0 Å². The topological polar surface area (TPSA) is 73.4 Å². The largest absolute Gasteiger partial charge is 0.397 e. The van der Waals surface area contributed by atoms with Crippen molar-refractivity contribution >= 4 is 22.6 Å². The molecule has 0 radical (unpaired) electrons. The minimum Gasteiger partial charge on any atom is -0.397 e. The molecule has 1 aliphatic rings. The smallest absolute Gasteiger partial charge is 0.242 e. The SMILES string of the molecule is CCCc1nc2c(N)cccc2n1CC(=O)N1CCOCC1. The summed E-state index contributed by atoms with van der Waals surface area (Å²) in [6.07, 6.45) is 1.82. The fourth-order valence-electron chi connectivity index (χ4n) is 2.86.